The Bertz CT molecular complexity index is 554. The van der Waals surface area contributed by atoms with Gasteiger partial charge in [0.05, 0.1) is 19.6 Å². The van der Waals surface area contributed by atoms with Crippen LogP contribution in [0.5, 0.6) is 0 Å². The number of ether oxygens (including phenoxy) is 2. The van der Waals surface area contributed by atoms with E-state index in [1.54, 1.807) is 13.8 Å². The van der Waals surface area contributed by atoms with Crippen molar-refractivity contribution in [2.75, 3.05) is 13.2 Å². The molecule has 0 radical (unpaired) electrons. The highest BCUT2D eigenvalue weighted by Gasteiger charge is 2.31. The highest BCUT2D eigenvalue weighted by atomic mass is 16.5. The third-order valence-corrected chi connectivity index (χ3v) is 7.65. The van der Waals surface area contributed by atoms with Gasteiger partial charge in [-0.25, -0.2) is 0 Å². The maximum atomic E-state index is 12.3. The molecule has 0 bridgehead atoms. The van der Waals surface area contributed by atoms with E-state index >= 15 is 0 Å². The second-order valence-corrected chi connectivity index (χ2v) is 10.2. The third-order valence-electron chi connectivity index (χ3n) is 7.65. The van der Waals surface area contributed by atoms with E-state index in [-0.39, 0.29) is 24.4 Å². The number of nitrogens with one attached hydrogen (secondary N) is 2. The molecule has 2 atom stereocenters. The number of esters is 2. The Balaban J connectivity index is 1.71. The average Bonchev–Trinajstić information content (AvgIpc) is 2.81. The van der Waals surface area contributed by atoms with E-state index in [9.17, 15) is 9.59 Å². The predicted octanol–water partition coefficient (Wildman–Crippen LogP) is 5.14. The molecule has 0 heterocycles. The van der Waals surface area contributed by atoms with Crippen molar-refractivity contribution in [3.8, 4) is 0 Å². The molecule has 0 spiro atoms. The molecule has 2 N–H and O–H groups in total. The first-order valence-corrected chi connectivity index (χ1v) is 13.8. The molecule has 0 amide bonds. The van der Waals surface area contributed by atoms with E-state index in [0.29, 0.717) is 19.3 Å². The normalized spacial score (nSPS) is 27.5. The van der Waals surface area contributed by atoms with Crippen molar-refractivity contribution in [3.05, 3.63) is 0 Å². The quantitative estimate of drug-likeness (QED) is 0.345. The van der Waals surface area contributed by atoms with Crippen LogP contribution in [0.1, 0.15) is 111 Å². The van der Waals surface area contributed by atoms with Crippen molar-refractivity contribution in [3.63, 3.8) is 0 Å². The molecule has 33 heavy (non-hydrogen) atoms. The van der Waals surface area contributed by atoms with E-state index < -0.39 is 6.04 Å². The molecular formula is C27H50N2O4. The minimum atomic E-state index is -0.604. The zero-order valence-electron chi connectivity index (χ0n) is 21.7. The largest absolute Gasteiger partial charge is 0.466 e. The number of carbonyl (C=O) groups excluding carboxylic acids is 2. The Morgan fingerprint density at radius 3 is 1.82 bits per heavy atom. The molecule has 6 heteroatoms. The van der Waals surface area contributed by atoms with Gasteiger partial charge >= 0.3 is 11.9 Å². The summed E-state index contributed by atoms with van der Waals surface area (Å²) in [5.74, 6) is 0.983. The van der Waals surface area contributed by atoms with Crippen LogP contribution in [-0.4, -0.2) is 49.3 Å². The molecule has 0 aromatic carbocycles. The fourth-order valence-electron chi connectivity index (χ4n) is 5.81. The Labute approximate surface area is 202 Å². The van der Waals surface area contributed by atoms with Crippen LogP contribution >= 0.6 is 0 Å². The van der Waals surface area contributed by atoms with Gasteiger partial charge in [-0.15, -0.1) is 0 Å². The average molecular weight is 467 g/mol. The first kappa shape index (κ1) is 28.1. The summed E-state index contributed by atoms with van der Waals surface area (Å²) in [7, 11) is 0. The summed E-state index contributed by atoms with van der Waals surface area (Å²) in [6, 6.07) is 1.08. The van der Waals surface area contributed by atoms with Crippen molar-refractivity contribution in [2.45, 2.75) is 135 Å². The van der Waals surface area contributed by atoms with E-state index in [1.165, 1.54) is 64.2 Å². The van der Waals surface area contributed by atoms with Gasteiger partial charge in [-0.3, -0.25) is 9.59 Å². The van der Waals surface area contributed by atoms with Crippen molar-refractivity contribution in [1.82, 2.24) is 10.6 Å². The predicted molar refractivity (Wildman–Crippen MR) is 133 cm³/mol. The van der Waals surface area contributed by atoms with Crippen molar-refractivity contribution in [1.29, 1.82) is 0 Å². The number of hydrogen-bond acceptors (Lipinski definition) is 6. The van der Waals surface area contributed by atoms with E-state index in [1.807, 2.05) is 0 Å². The van der Waals surface area contributed by atoms with Gasteiger partial charge in [-0.2, -0.15) is 0 Å². The zero-order valence-corrected chi connectivity index (χ0v) is 21.7. The van der Waals surface area contributed by atoms with E-state index in [4.69, 9.17) is 9.47 Å². The summed E-state index contributed by atoms with van der Waals surface area (Å²) >= 11 is 0. The molecule has 2 saturated carbocycles. The van der Waals surface area contributed by atoms with E-state index in [0.717, 1.165) is 30.7 Å². The third kappa shape index (κ3) is 10.3. The first-order valence-electron chi connectivity index (χ1n) is 13.8. The summed E-state index contributed by atoms with van der Waals surface area (Å²) < 4.78 is 10.2. The van der Waals surface area contributed by atoms with Crippen LogP contribution in [0.25, 0.3) is 0 Å². The van der Waals surface area contributed by atoms with Crippen LogP contribution in [0.4, 0.5) is 0 Å². The lowest BCUT2D eigenvalue weighted by Crippen LogP contribution is -2.47. The van der Waals surface area contributed by atoms with Gasteiger partial charge in [-0.1, -0.05) is 20.3 Å². The Hall–Kier alpha value is -1.14. The van der Waals surface area contributed by atoms with Gasteiger partial charge in [0.1, 0.15) is 6.04 Å². The summed E-state index contributed by atoms with van der Waals surface area (Å²) in [5, 5.41) is 7.33. The molecule has 0 aliphatic heterocycles. The van der Waals surface area contributed by atoms with Gasteiger partial charge in [0.25, 0.3) is 0 Å². The van der Waals surface area contributed by atoms with Crippen LogP contribution in [-0.2, 0) is 19.1 Å². The highest BCUT2D eigenvalue weighted by Crippen LogP contribution is 2.35. The minimum Gasteiger partial charge on any atom is -0.466 e. The van der Waals surface area contributed by atoms with Gasteiger partial charge < -0.3 is 20.1 Å². The van der Waals surface area contributed by atoms with Crippen LogP contribution in [0.15, 0.2) is 0 Å². The maximum Gasteiger partial charge on any atom is 0.323 e. The van der Waals surface area contributed by atoms with Crippen LogP contribution < -0.4 is 10.6 Å². The highest BCUT2D eigenvalue weighted by molar-refractivity contribution is 5.82. The molecule has 192 valence electrons. The lowest BCUT2D eigenvalue weighted by molar-refractivity contribution is -0.152. The van der Waals surface area contributed by atoms with Gasteiger partial charge in [0.15, 0.2) is 0 Å². The van der Waals surface area contributed by atoms with Crippen molar-refractivity contribution in [2.24, 2.45) is 11.8 Å². The zero-order chi connectivity index (χ0) is 24.1. The molecule has 2 aliphatic carbocycles. The first-order chi connectivity index (χ1) is 16.0. The van der Waals surface area contributed by atoms with Crippen molar-refractivity contribution < 1.29 is 19.1 Å². The van der Waals surface area contributed by atoms with Gasteiger partial charge in [0.2, 0.25) is 0 Å². The van der Waals surface area contributed by atoms with Crippen LogP contribution in [0.3, 0.4) is 0 Å². The summed E-state index contributed by atoms with van der Waals surface area (Å²) in [5.41, 5.74) is 0. The second-order valence-electron chi connectivity index (χ2n) is 10.2. The molecule has 2 rings (SSSR count). The van der Waals surface area contributed by atoms with Crippen molar-refractivity contribution >= 4 is 11.9 Å². The lowest BCUT2D eigenvalue weighted by atomic mass is 9.75. The minimum absolute atomic E-state index is 0.0427. The SMILES string of the molecule is CCCC(CC)NC1CCC(CC2CCC(NC(CC(=O)OCC)C(=O)OCC)CC2)CC1. The Kier molecular flexibility index (Phi) is 13.4. The monoisotopic (exact) mass is 466 g/mol. The summed E-state index contributed by atoms with van der Waals surface area (Å²) in [4.78, 5) is 24.3. The smallest absolute Gasteiger partial charge is 0.323 e. The molecule has 6 nitrogen and oxygen atoms in total. The standard InChI is InChI=1S/C27H50N2O4/c1-5-9-22(6-2)28-23-14-10-20(11-15-23)18-21-12-16-24(17-13-21)29-25(27(31)33-8-4)19-26(30)32-7-3/h20-25,28-29H,5-19H2,1-4H3. The molecule has 2 unspecified atom stereocenters. The molecular weight excluding hydrogens is 416 g/mol. The second kappa shape index (κ2) is 15.7. The fourth-order valence-corrected chi connectivity index (χ4v) is 5.81. The summed E-state index contributed by atoms with van der Waals surface area (Å²) in [6.07, 6.45) is 15.1. The molecule has 2 fully saturated rings. The van der Waals surface area contributed by atoms with E-state index in [2.05, 4.69) is 24.5 Å². The lowest BCUT2D eigenvalue weighted by Gasteiger charge is -2.36. The fraction of sp³-hybridized carbons (Fsp3) is 0.926. The number of hydrogen-bond donors (Lipinski definition) is 2. The maximum absolute atomic E-state index is 12.3. The molecule has 0 aromatic heterocycles. The Morgan fingerprint density at radius 2 is 1.33 bits per heavy atom. The van der Waals surface area contributed by atoms with Crippen LogP contribution in [0, 0.1) is 11.8 Å². The molecule has 0 aromatic rings. The molecule has 2 aliphatic rings. The Morgan fingerprint density at radius 1 is 0.788 bits per heavy atom. The number of carbonyl (C=O) groups is 2. The number of rotatable bonds is 14. The van der Waals surface area contributed by atoms with Gasteiger partial charge in [-0.05, 0) is 96.3 Å². The topological polar surface area (TPSA) is 76.7 Å². The summed E-state index contributed by atoms with van der Waals surface area (Å²) in [6.45, 7) is 8.81. The van der Waals surface area contributed by atoms with Gasteiger partial charge in [0, 0.05) is 18.1 Å². The van der Waals surface area contributed by atoms with Crippen LogP contribution in [0.2, 0.25) is 0 Å². The molecule has 0 saturated heterocycles.